The van der Waals surface area contributed by atoms with Gasteiger partial charge in [-0.05, 0) is 88.2 Å². The molecule has 10 nitrogen and oxygen atoms in total. The summed E-state index contributed by atoms with van der Waals surface area (Å²) in [7, 11) is -3.85. The molecular formula is C31H42N4O6S2. The maximum absolute atomic E-state index is 13.8. The third kappa shape index (κ3) is 6.97. The average Bonchev–Trinajstić information content (AvgIpc) is 3.38. The van der Waals surface area contributed by atoms with Gasteiger partial charge in [-0.15, -0.1) is 11.3 Å². The number of hydrogen-bond acceptors (Lipinski definition) is 8. The normalized spacial score (nSPS) is 20.0. The second kappa shape index (κ2) is 13.9. The fourth-order valence-electron chi connectivity index (χ4n) is 6.25. The molecule has 43 heavy (non-hydrogen) atoms. The number of hydrogen-bond donors (Lipinski definition) is 1. The van der Waals surface area contributed by atoms with E-state index in [1.165, 1.54) is 39.9 Å². The van der Waals surface area contributed by atoms with Gasteiger partial charge in [0, 0.05) is 49.7 Å². The third-order valence-electron chi connectivity index (χ3n) is 8.52. The number of carbonyl (C=O) groups excluding carboxylic acids is 3. The van der Waals surface area contributed by atoms with Gasteiger partial charge in [0.2, 0.25) is 10.0 Å². The molecule has 0 aliphatic carbocycles. The fraction of sp³-hybridized carbons (Fsp3) is 0.581. The van der Waals surface area contributed by atoms with Crippen molar-refractivity contribution in [1.29, 1.82) is 0 Å². The Kier molecular flexibility index (Phi) is 10.2. The minimum Gasteiger partial charge on any atom is -0.466 e. The summed E-state index contributed by atoms with van der Waals surface area (Å²) in [6.45, 7) is 8.65. The zero-order valence-corrected chi connectivity index (χ0v) is 26.7. The number of ether oxygens (including phenoxy) is 1. The summed E-state index contributed by atoms with van der Waals surface area (Å²) >= 11 is 1.48. The molecule has 1 unspecified atom stereocenters. The van der Waals surface area contributed by atoms with Gasteiger partial charge in [-0.1, -0.05) is 6.92 Å². The lowest BCUT2D eigenvalue weighted by Crippen LogP contribution is -2.42. The zero-order valence-electron chi connectivity index (χ0n) is 25.1. The summed E-state index contributed by atoms with van der Waals surface area (Å²) in [5, 5.41) is 3.57. The molecule has 2 aromatic rings. The minimum absolute atomic E-state index is 0.0134. The summed E-state index contributed by atoms with van der Waals surface area (Å²) in [6.07, 6.45) is 6.09. The largest absolute Gasteiger partial charge is 0.466 e. The van der Waals surface area contributed by atoms with Crippen molar-refractivity contribution in [3.63, 3.8) is 0 Å². The Morgan fingerprint density at radius 3 is 2.44 bits per heavy atom. The van der Waals surface area contributed by atoms with Crippen molar-refractivity contribution >= 4 is 44.1 Å². The number of thiophene rings is 1. The number of piperidine rings is 2. The standard InChI is InChI=1S/C31H42N4O6S2/c1-3-15-33-19-14-25-26(21-33)42-29(27(25)30(37)34-16-6-5-7-17-34)32-28(36)22-10-12-24(13-11-22)43(39,40)35-18-8-9-23(20-35)31(38)41-4-2/h10-13,23H,3-9,14-21H2,1-2H3,(H,32,36). The van der Waals surface area contributed by atoms with Gasteiger partial charge in [0.15, 0.2) is 0 Å². The average molecular weight is 631 g/mol. The first-order chi connectivity index (χ1) is 20.7. The summed E-state index contributed by atoms with van der Waals surface area (Å²) in [4.78, 5) is 44.9. The molecule has 3 aliphatic heterocycles. The van der Waals surface area contributed by atoms with Crippen molar-refractivity contribution in [2.45, 2.75) is 70.2 Å². The molecule has 0 saturated carbocycles. The van der Waals surface area contributed by atoms with Gasteiger partial charge in [0.05, 0.1) is 23.0 Å². The van der Waals surface area contributed by atoms with Crippen molar-refractivity contribution in [1.82, 2.24) is 14.1 Å². The van der Waals surface area contributed by atoms with Crippen LogP contribution in [0.25, 0.3) is 0 Å². The first kappa shape index (κ1) is 31.6. The molecule has 0 bridgehead atoms. The van der Waals surface area contributed by atoms with E-state index >= 15 is 0 Å². The third-order valence-corrected chi connectivity index (χ3v) is 11.5. The second-order valence-corrected chi connectivity index (χ2v) is 14.6. The van der Waals surface area contributed by atoms with E-state index in [4.69, 9.17) is 4.74 Å². The van der Waals surface area contributed by atoms with Gasteiger partial charge >= 0.3 is 5.97 Å². The monoisotopic (exact) mass is 630 g/mol. The molecule has 0 spiro atoms. The lowest BCUT2D eigenvalue weighted by molar-refractivity contribution is -0.149. The molecule has 1 aromatic carbocycles. The number of rotatable bonds is 9. The first-order valence-corrected chi connectivity index (χ1v) is 17.7. The van der Waals surface area contributed by atoms with Crippen molar-refractivity contribution in [3.8, 4) is 0 Å². The van der Waals surface area contributed by atoms with Crippen LogP contribution < -0.4 is 5.32 Å². The van der Waals surface area contributed by atoms with Gasteiger partial charge in [-0.3, -0.25) is 19.3 Å². The van der Waals surface area contributed by atoms with E-state index in [2.05, 4.69) is 17.1 Å². The molecule has 2 fully saturated rings. The van der Waals surface area contributed by atoms with Crippen molar-refractivity contribution < 1.29 is 27.5 Å². The van der Waals surface area contributed by atoms with E-state index in [1.54, 1.807) is 6.92 Å². The summed E-state index contributed by atoms with van der Waals surface area (Å²) < 4.78 is 33.2. The topological polar surface area (TPSA) is 116 Å². The van der Waals surface area contributed by atoms with Crippen LogP contribution in [0.5, 0.6) is 0 Å². The summed E-state index contributed by atoms with van der Waals surface area (Å²) in [5.41, 5.74) is 1.97. The smallest absolute Gasteiger partial charge is 0.310 e. The van der Waals surface area contributed by atoms with E-state index in [0.717, 1.165) is 75.3 Å². The highest BCUT2D eigenvalue weighted by Gasteiger charge is 2.35. The highest BCUT2D eigenvalue weighted by molar-refractivity contribution is 7.89. The van der Waals surface area contributed by atoms with Gasteiger partial charge in [0.25, 0.3) is 11.8 Å². The molecule has 2 amide bonds. The summed E-state index contributed by atoms with van der Waals surface area (Å²) in [6, 6.07) is 5.86. The number of benzene rings is 1. The maximum atomic E-state index is 13.8. The van der Waals surface area contributed by atoms with Gasteiger partial charge < -0.3 is 15.0 Å². The predicted molar refractivity (Wildman–Crippen MR) is 166 cm³/mol. The molecule has 1 atom stereocenters. The molecule has 5 rings (SSSR count). The lowest BCUT2D eigenvalue weighted by atomic mass is 10.0. The number of nitrogens with one attached hydrogen (secondary N) is 1. The summed E-state index contributed by atoms with van der Waals surface area (Å²) in [5.74, 6) is -1.26. The van der Waals surface area contributed by atoms with Gasteiger partial charge in [0.1, 0.15) is 5.00 Å². The molecule has 12 heteroatoms. The van der Waals surface area contributed by atoms with Crippen LogP contribution in [-0.4, -0.2) is 86.2 Å². The predicted octanol–water partition coefficient (Wildman–Crippen LogP) is 4.36. The maximum Gasteiger partial charge on any atom is 0.310 e. The number of esters is 1. The van der Waals surface area contributed by atoms with Crippen LogP contribution in [0.2, 0.25) is 0 Å². The van der Waals surface area contributed by atoms with Crippen molar-refractivity contribution in [2.75, 3.05) is 51.2 Å². The Hall–Kier alpha value is -2.80. The number of fused-ring (bicyclic) bond motifs is 1. The van der Waals surface area contributed by atoms with Gasteiger partial charge in [-0.25, -0.2) is 8.42 Å². The Balaban J connectivity index is 1.34. The molecule has 234 valence electrons. The zero-order chi connectivity index (χ0) is 30.6. The quantitative estimate of drug-likeness (QED) is 0.410. The van der Waals surface area contributed by atoms with Crippen molar-refractivity contribution in [2.24, 2.45) is 5.92 Å². The highest BCUT2D eigenvalue weighted by atomic mass is 32.2. The SMILES string of the molecule is CCCN1CCc2c(sc(NC(=O)c3ccc(S(=O)(=O)N4CCCC(C(=O)OCC)C4)cc3)c2C(=O)N2CCCCC2)C1. The van der Waals surface area contributed by atoms with Crippen LogP contribution in [0.15, 0.2) is 29.2 Å². The van der Waals surface area contributed by atoms with Gasteiger partial charge in [-0.2, -0.15) is 4.31 Å². The lowest BCUT2D eigenvalue weighted by Gasteiger charge is -2.30. The van der Waals surface area contributed by atoms with Crippen LogP contribution in [0.1, 0.15) is 83.5 Å². The molecule has 1 aromatic heterocycles. The second-order valence-electron chi connectivity index (χ2n) is 11.5. The number of nitrogens with zero attached hydrogens (tertiary/aromatic N) is 3. The van der Waals surface area contributed by atoms with Crippen LogP contribution in [0.4, 0.5) is 5.00 Å². The van der Waals surface area contributed by atoms with Crippen LogP contribution in [0.3, 0.4) is 0 Å². The van der Waals surface area contributed by atoms with Crippen molar-refractivity contribution in [3.05, 3.63) is 45.8 Å². The van der Waals surface area contributed by atoms with Crippen LogP contribution in [0, 0.1) is 5.92 Å². The van der Waals surface area contributed by atoms with Crippen LogP contribution in [-0.2, 0) is 32.5 Å². The Labute approximate surface area is 258 Å². The molecule has 4 heterocycles. The molecular weight excluding hydrogens is 588 g/mol. The number of carbonyl (C=O) groups is 3. The highest BCUT2D eigenvalue weighted by Crippen LogP contribution is 2.38. The molecule has 3 aliphatic rings. The molecule has 2 saturated heterocycles. The minimum atomic E-state index is -3.85. The Morgan fingerprint density at radius 1 is 1.00 bits per heavy atom. The molecule has 1 N–H and O–H groups in total. The first-order valence-electron chi connectivity index (χ1n) is 15.5. The van der Waals surface area contributed by atoms with E-state index in [-0.39, 0.29) is 35.8 Å². The number of amides is 2. The van der Waals surface area contributed by atoms with E-state index < -0.39 is 15.9 Å². The fourth-order valence-corrected chi connectivity index (χ4v) is 9.05. The number of anilines is 1. The number of sulfonamides is 1. The van der Waals surface area contributed by atoms with E-state index in [0.29, 0.717) is 35.5 Å². The Morgan fingerprint density at radius 2 is 1.74 bits per heavy atom. The Bertz CT molecular complexity index is 1430. The molecule has 0 radical (unpaired) electrons. The number of likely N-dealkylation sites (tertiary alicyclic amines) is 1. The van der Waals surface area contributed by atoms with E-state index in [1.807, 2.05) is 4.90 Å². The van der Waals surface area contributed by atoms with Crippen LogP contribution >= 0.6 is 11.3 Å². The van der Waals surface area contributed by atoms with E-state index in [9.17, 15) is 22.8 Å².